The molecule has 0 atom stereocenters. The molecule has 1 aromatic carbocycles. The minimum Gasteiger partial charge on any atom is -0.280 e. The molecular weight excluding hydrogens is 250 g/mol. The monoisotopic (exact) mass is 267 g/mol. The summed E-state index contributed by atoms with van der Waals surface area (Å²) in [6.45, 7) is 5.00. The fourth-order valence-electron chi connectivity index (χ4n) is 2.25. The molecule has 2 aromatic heterocycles. The number of para-hydroxylation sites is 1. The fraction of sp³-hybridized carbons (Fsp3) is 0.267. The molecule has 2 heterocycles. The van der Waals surface area contributed by atoms with Crippen LogP contribution < -0.4 is 0 Å². The number of hydrogen-bond donors (Lipinski definition) is 0. The highest BCUT2D eigenvalue weighted by Gasteiger charge is 2.15. The summed E-state index contributed by atoms with van der Waals surface area (Å²) in [4.78, 5) is 0. The van der Waals surface area contributed by atoms with Crippen molar-refractivity contribution in [3.63, 3.8) is 0 Å². The molecule has 0 saturated heterocycles. The Labute approximate surface area is 117 Å². The van der Waals surface area contributed by atoms with Crippen LogP contribution in [0.4, 0.5) is 0 Å². The number of nitrogens with zero attached hydrogens (tertiary/aromatic N) is 5. The quantitative estimate of drug-likeness (QED) is 0.730. The van der Waals surface area contributed by atoms with Gasteiger partial charge in [-0.3, -0.25) is 9.25 Å². The van der Waals surface area contributed by atoms with E-state index >= 15 is 0 Å². The summed E-state index contributed by atoms with van der Waals surface area (Å²) in [5.74, 6) is 0.824. The SMILES string of the molecule is CCc1cc(-c2nncn2-c2ccccc2)n(CC)n1. The second-order valence-electron chi connectivity index (χ2n) is 4.55. The molecule has 5 heteroatoms. The number of benzene rings is 1. The Hall–Kier alpha value is -2.43. The van der Waals surface area contributed by atoms with E-state index in [1.54, 1.807) is 6.33 Å². The molecule has 0 N–H and O–H groups in total. The zero-order valence-corrected chi connectivity index (χ0v) is 11.7. The predicted octanol–water partition coefficient (Wildman–Crippen LogP) is 2.71. The highest BCUT2D eigenvalue weighted by molar-refractivity contribution is 5.54. The van der Waals surface area contributed by atoms with Crippen LogP contribution in [-0.4, -0.2) is 24.5 Å². The smallest absolute Gasteiger partial charge is 0.186 e. The zero-order chi connectivity index (χ0) is 13.9. The van der Waals surface area contributed by atoms with Crippen molar-refractivity contribution in [1.82, 2.24) is 24.5 Å². The van der Waals surface area contributed by atoms with E-state index in [-0.39, 0.29) is 0 Å². The van der Waals surface area contributed by atoms with Gasteiger partial charge in [0.05, 0.1) is 5.69 Å². The van der Waals surface area contributed by atoms with Crippen LogP contribution in [0.15, 0.2) is 42.7 Å². The van der Waals surface area contributed by atoms with Gasteiger partial charge in [0.15, 0.2) is 5.82 Å². The Bertz CT molecular complexity index is 696. The lowest BCUT2D eigenvalue weighted by Gasteiger charge is -2.07. The van der Waals surface area contributed by atoms with Gasteiger partial charge in [0.25, 0.3) is 0 Å². The van der Waals surface area contributed by atoms with E-state index in [1.165, 1.54) is 0 Å². The van der Waals surface area contributed by atoms with Crippen LogP contribution in [0.2, 0.25) is 0 Å². The molecule has 0 radical (unpaired) electrons. The van der Waals surface area contributed by atoms with E-state index in [1.807, 2.05) is 39.6 Å². The van der Waals surface area contributed by atoms with Crippen molar-refractivity contribution in [2.45, 2.75) is 26.8 Å². The molecule has 0 amide bonds. The molecule has 0 spiro atoms. The van der Waals surface area contributed by atoms with Crippen LogP contribution in [0.3, 0.4) is 0 Å². The van der Waals surface area contributed by atoms with E-state index < -0.39 is 0 Å². The molecule has 0 fully saturated rings. The van der Waals surface area contributed by atoms with Crippen LogP contribution in [0.25, 0.3) is 17.2 Å². The van der Waals surface area contributed by atoms with Crippen LogP contribution in [0.1, 0.15) is 19.5 Å². The Morgan fingerprint density at radius 3 is 2.60 bits per heavy atom. The van der Waals surface area contributed by atoms with Crippen molar-refractivity contribution in [1.29, 1.82) is 0 Å². The minimum absolute atomic E-state index is 0.816. The number of aryl methyl sites for hydroxylation is 2. The minimum atomic E-state index is 0.816. The Morgan fingerprint density at radius 2 is 1.90 bits per heavy atom. The van der Waals surface area contributed by atoms with Crippen molar-refractivity contribution < 1.29 is 0 Å². The van der Waals surface area contributed by atoms with E-state index in [0.29, 0.717) is 0 Å². The molecule has 20 heavy (non-hydrogen) atoms. The lowest BCUT2D eigenvalue weighted by molar-refractivity contribution is 0.651. The maximum absolute atomic E-state index is 4.57. The van der Waals surface area contributed by atoms with Crippen LogP contribution >= 0.6 is 0 Å². The third kappa shape index (κ3) is 2.11. The second kappa shape index (κ2) is 5.28. The van der Waals surface area contributed by atoms with Crippen molar-refractivity contribution >= 4 is 0 Å². The van der Waals surface area contributed by atoms with Crippen molar-refractivity contribution in [2.75, 3.05) is 0 Å². The summed E-state index contributed by atoms with van der Waals surface area (Å²) >= 11 is 0. The normalized spacial score (nSPS) is 10.9. The number of hydrogen-bond acceptors (Lipinski definition) is 3. The number of aromatic nitrogens is 5. The van der Waals surface area contributed by atoms with Gasteiger partial charge in [-0.15, -0.1) is 10.2 Å². The molecule has 0 unspecified atom stereocenters. The van der Waals surface area contributed by atoms with Crippen LogP contribution in [-0.2, 0) is 13.0 Å². The van der Waals surface area contributed by atoms with Gasteiger partial charge in [0, 0.05) is 12.2 Å². The lowest BCUT2D eigenvalue weighted by Crippen LogP contribution is -2.04. The molecule has 5 nitrogen and oxygen atoms in total. The average Bonchev–Trinajstić information content (AvgIpc) is 3.14. The summed E-state index contributed by atoms with van der Waals surface area (Å²) in [5.41, 5.74) is 3.13. The molecule has 0 saturated carbocycles. The van der Waals surface area contributed by atoms with Gasteiger partial charge in [0.1, 0.15) is 12.0 Å². The maximum atomic E-state index is 4.57. The van der Waals surface area contributed by atoms with E-state index in [0.717, 1.165) is 35.9 Å². The first-order valence-corrected chi connectivity index (χ1v) is 6.86. The van der Waals surface area contributed by atoms with E-state index in [9.17, 15) is 0 Å². The topological polar surface area (TPSA) is 48.5 Å². The third-order valence-electron chi connectivity index (χ3n) is 3.30. The fourth-order valence-corrected chi connectivity index (χ4v) is 2.25. The Morgan fingerprint density at radius 1 is 1.10 bits per heavy atom. The summed E-state index contributed by atoms with van der Waals surface area (Å²) in [6.07, 6.45) is 2.66. The first-order chi connectivity index (χ1) is 9.83. The summed E-state index contributed by atoms with van der Waals surface area (Å²) < 4.78 is 3.96. The second-order valence-corrected chi connectivity index (χ2v) is 4.55. The van der Waals surface area contributed by atoms with Gasteiger partial charge in [-0.1, -0.05) is 25.1 Å². The van der Waals surface area contributed by atoms with Crippen molar-refractivity contribution in [2.24, 2.45) is 0 Å². The summed E-state index contributed by atoms with van der Waals surface area (Å²) in [5, 5.41) is 12.9. The summed E-state index contributed by atoms with van der Waals surface area (Å²) in [6, 6.07) is 12.2. The number of rotatable bonds is 4. The van der Waals surface area contributed by atoms with Gasteiger partial charge in [-0.05, 0) is 31.5 Å². The lowest BCUT2D eigenvalue weighted by atomic mass is 10.2. The first kappa shape index (κ1) is 12.6. The Kier molecular flexibility index (Phi) is 3.33. The summed E-state index contributed by atoms with van der Waals surface area (Å²) in [7, 11) is 0. The van der Waals surface area contributed by atoms with Gasteiger partial charge in [-0.2, -0.15) is 5.10 Å². The molecule has 3 aromatic rings. The first-order valence-electron chi connectivity index (χ1n) is 6.86. The molecule has 0 aliphatic carbocycles. The van der Waals surface area contributed by atoms with Crippen molar-refractivity contribution in [3.8, 4) is 17.2 Å². The van der Waals surface area contributed by atoms with Crippen LogP contribution in [0, 0.1) is 0 Å². The van der Waals surface area contributed by atoms with E-state index in [4.69, 9.17) is 0 Å². The van der Waals surface area contributed by atoms with Gasteiger partial charge >= 0.3 is 0 Å². The highest BCUT2D eigenvalue weighted by atomic mass is 15.3. The van der Waals surface area contributed by atoms with Crippen LogP contribution in [0.5, 0.6) is 0 Å². The largest absolute Gasteiger partial charge is 0.280 e. The highest BCUT2D eigenvalue weighted by Crippen LogP contribution is 2.21. The van der Waals surface area contributed by atoms with E-state index in [2.05, 4.69) is 35.2 Å². The molecule has 0 aliphatic heterocycles. The molecular formula is C15H17N5. The molecule has 0 aliphatic rings. The van der Waals surface area contributed by atoms with Gasteiger partial charge in [-0.25, -0.2) is 0 Å². The molecule has 3 rings (SSSR count). The maximum Gasteiger partial charge on any atom is 0.186 e. The average molecular weight is 267 g/mol. The third-order valence-corrected chi connectivity index (χ3v) is 3.30. The molecule has 102 valence electrons. The van der Waals surface area contributed by atoms with Gasteiger partial charge < -0.3 is 0 Å². The van der Waals surface area contributed by atoms with Crippen molar-refractivity contribution in [3.05, 3.63) is 48.4 Å². The molecule has 0 bridgehead atoms. The predicted molar refractivity (Wildman–Crippen MR) is 77.6 cm³/mol. The zero-order valence-electron chi connectivity index (χ0n) is 11.7. The van der Waals surface area contributed by atoms with Gasteiger partial charge in [0.2, 0.25) is 0 Å². The Balaban J connectivity index is 2.12. The standard InChI is InChI=1S/C15H17N5/c1-3-12-10-14(20(4-2)18-12)15-17-16-11-19(15)13-8-6-5-7-9-13/h5-11H,3-4H2,1-2H3.